The van der Waals surface area contributed by atoms with Gasteiger partial charge in [-0.2, -0.15) is 0 Å². The molecule has 3 rings (SSSR count). The van der Waals surface area contributed by atoms with E-state index < -0.39 is 5.97 Å². The van der Waals surface area contributed by atoms with E-state index in [9.17, 15) is 9.59 Å². The molecule has 0 saturated carbocycles. The van der Waals surface area contributed by atoms with Crippen LogP contribution in [0.25, 0.3) is 0 Å². The number of ether oxygens (including phenoxy) is 1. The normalized spacial score (nSPS) is 16.6. The number of aromatic nitrogens is 1. The van der Waals surface area contributed by atoms with E-state index in [0.29, 0.717) is 24.5 Å². The zero-order valence-electron chi connectivity index (χ0n) is 13.8. The molecule has 1 amide bonds. The van der Waals surface area contributed by atoms with Crippen LogP contribution in [0, 0.1) is 0 Å². The van der Waals surface area contributed by atoms with Crippen molar-refractivity contribution in [3.8, 4) is 5.75 Å². The minimum absolute atomic E-state index is 0.00112. The second-order valence-corrected chi connectivity index (χ2v) is 6.06. The molecule has 6 nitrogen and oxygen atoms in total. The number of hydrogen-bond acceptors (Lipinski definition) is 4. The minimum atomic E-state index is -0.871. The van der Waals surface area contributed by atoms with Crippen molar-refractivity contribution in [3.05, 3.63) is 59.9 Å². The van der Waals surface area contributed by atoms with Crippen LogP contribution in [0.15, 0.2) is 48.8 Å². The van der Waals surface area contributed by atoms with Crippen molar-refractivity contribution in [3.63, 3.8) is 0 Å². The fourth-order valence-corrected chi connectivity index (χ4v) is 3.02. The summed E-state index contributed by atoms with van der Waals surface area (Å²) >= 11 is 0. The SMILES string of the molecule is O=C(O)CC1CCCN1C(=O)c1ccc(OCc2ccncc2)cc1. The van der Waals surface area contributed by atoms with Gasteiger partial charge >= 0.3 is 5.97 Å². The summed E-state index contributed by atoms with van der Waals surface area (Å²) in [4.78, 5) is 29.2. The third-order valence-corrected chi connectivity index (χ3v) is 4.30. The summed E-state index contributed by atoms with van der Waals surface area (Å²) in [6.45, 7) is 1.04. The number of carbonyl (C=O) groups is 2. The topological polar surface area (TPSA) is 79.7 Å². The molecule has 0 bridgehead atoms. The lowest BCUT2D eigenvalue weighted by Gasteiger charge is -2.23. The van der Waals surface area contributed by atoms with E-state index in [2.05, 4.69) is 4.98 Å². The van der Waals surface area contributed by atoms with Crippen LogP contribution in [0.2, 0.25) is 0 Å². The van der Waals surface area contributed by atoms with Gasteiger partial charge in [0.05, 0.1) is 6.42 Å². The number of aliphatic carboxylic acids is 1. The number of carbonyl (C=O) groups excluding carboxylic acids is 1. The quantitative estimate of drug-likeness (QED) is 0.874. The Hall–Kier alpha value is -2.89. The third kappa shape index (κ3) is 4.35. The van der Waals surface area contributed by atoms with Crippen molar-refractivity contribution in [2.45, 2.75) is 31.9 Å². The van der Waals surface area contributed by atoms with Gasteiger partial charge in [0.2, 0.25) is 0 Å². The molecule has 1 aliphatic rings. The van der Waals surface area contributed by atoms with Crippen LogP contribution in [0.4, 0.5) is 0 Å². The van der Waals surface area contributed by atoms with Crippen LogP contribution in [-0.4, -0.2) is 39.5 Å². The van der Waals surface area contributed by atoms with Crippen LogP contribution in [0.3, 0.4) is 0 Å². The van der Waals surface area contributed by atoms with Gasteiger partial charge in [0.25, 0.3) is 5.91 Å². The van der Waals surface area contributed by atoms with Gasteiger partial charge in [-0.25, -0.2) is 0 Å². The number of rotatable bonds is 6. The molecule has 1 unspecified atom stereocenters. The predicted octanol–water partition coefficient (Wildman–Crippen LogP) is 2.74. The van der Waals surface area contributed by atoms with Crippen molar-refractivity contribution in [1.82, 2.24) is 9.88 Å². The van der Waals surface area contributed by atoms with Crippen LogP contribution >= 0.6 is 0 Å². The zero-order valence-corrected chi connectivity index (χ0v) is 13.8. The Bertz CT molecular complexity index is 731. The fourth-order valence-electron chi connectivity index (χ4n) is 3.02. The van der Waals surface area contributed by atoms with E-state index in [1.54, 1.807) is 41.6 Å². The molecule has 1 N–H and O–H groups in total. The summed E-state index contributed by atoms with van der Waals surface area (Å²) in [5.41, 5.74) is 1.57. The van der Waals surface area contributed by atoms with Crippen molar-refractivity contribution in [1.29, 1.82) is 0 Å². The molecular formula is C19H20N2O4. The second kappa shape index (κ2) is 7.79. The van der Waals surface area contributed by atoms with E-state index in [4.69, 9.17) is 9.84 Å². The molecule has 0 aliphatic carbocycles. The van der Waals surface area contributed by atoms with Crippen molar-refractivity contribution in [2.75, 3.05) is 6.54 Å². The summed E-state index contributed by atoms with van der Waals surface area (Å²) in [5, 5.41) is 8.98. The smallest absolute Gasteiger partial charge is 0.305 e. The summed E-state index contributed by atoms with van der Waals surface area (Å²) in [5.74, 6) is -0.314. The number of likely N-dealkylation sites (tertiary alicyclic amines) is 1. The highest BCUT2D eigenvalue weighted by atomic mass is 16.5. The maximum Gasteiger partial charge on any atom is 0.305 e. The van der Waals surface area contributed by atoms with Gasteiger partial charge in [-0.1, -0.05) is 0 Å². The Morgan fingerprint density at radius 1 is 1.16 bits per heavy atom. The van der Waals surface area contributed by atoms with Gasteiger partial charge in [0.1, 0.15) is 12.4 Å². The van der Waals surface area contributed by atoms with Crippen LogP contribution in [-0.2, 0) is 11.4 Å². The Morgan fingerprint density at radius 2 is 1.88 bits per heavy atom. The molecule has 1 aromatic carbocycles. The van der Waals surface area contributed by atoms with Gasteiger partial charge in [-0.05, 0) is 54.8 Å². The maximum absolute atomic E-state index is 12.6. The molecule has 0 spiro atoms. The zero-order chi connectivity index (χ0) is 17.6. The molecule has 25 heavy (non-hydrogen) atoms. The molecule has 1 fully saturated rings. The van der Waals surface area contributed by atoms with Gasteiger partial charge in [-0.15, -0.1) is 0 Å². The highest BCUT2D eigenvalue weighted by Gasteiger charge is 2.30. The van der Waals surface area contributed by atoms with E-state index in [1.165, 1.54) is 0 Å². The number of pyridine rings is 1. The summed E-state index contributed by atoms with van der Waals surface area (Å²) < 4.78 is 5.70. The van der Waals surface area contributed by atoms with Crippen LogP contribution in [0.1, 0.15) is 35.2 Å². The average Bonchev–Trinajstić information content (AvgIpc) is 3.08. The number of benzene rings is 1. The Balaban J connectivity index is 1.61. The highest BCUT2D eigenvalue weighted by molar-refractivity contribution is 5.95. The van der Waals surface area contributed by atoms with Gasteiger partial charge in [-0.3, -0.25) is 14.6 Å². The predicted molar refractivity (Wildman–Crippen MR) is 91.3 cm³/mol. The molecule has 0 radical (unpaired) electrons. The summed E-state index contributed by atoms with van der Waals surface area (Å²) in [7, 11) is 0. The molecule has 1 aromatic heterocycles. The van der Waals surface area contributed by atoms with Gasteiger partial charge in [0.15, 0.2) is 0 Å². The first-order chi connectivity index (χ1) is 12.1. The number of nitrogens with zero attached hydrogens (tertiary/aromatic N) is 2. The molecule has 130 valence electrons. The molecule has 2 aromatic rings. The Labute approximate surface area is 146 Å². The lowest BCUT2D eigenvalue weighted by molar-refractivity contribution is -0.137. The van der Waals surface area contributed by atoms with Crippen LogP contribution < -0.4 is 4.74 Å². The van der Waals surface area contributed by atoms with Crippen molar-refractivity contribution < 1.29 is 19.4 Å². The minimum Gasteiger partial charge on any atom is -0.489 e. The van der Waals surface area contributed by atoms with Gasteiger partial charge in [0, 0.05) is 30.5 Å². The number of hydrogen-bond donors (Lipinski definition) is 1. The van der Waals surface area contributed by atoms with Crippen LogP contribution in [0.5, 0.6) is 5.75 Å². The fraction of sp³-hybridized carbons (Fsp3) is 0.316. The Morgan fingerprint density at radius 3 is 2.56 bits per heavy atom. The number of carboxylic acids is 1. The molecule has 1 aliphatic heterocycles. The summed E-state index contributed by atoms with van der Waals surface area (Å²) in [6, 6.07) is 10.5. The molecular weight excluding hydrogens is 320 g/mol. The first kappa shape index (κ1) is 17.0. The largest absolute Gasteiger partial charge is 0.489 e. The molecule has 6 heteroatoms. The van der Waals surface area contributed by atoms with E-state index in [-0.39, 0.29) is 18.4 Å². The standard InChI is InChI=1S/C19H20N2O4/c22-18(23)12-16-2-1-11-21(16)19(24)15-3-5-17(6-4-15)25-13-14-7-9-20-10-8-14/h3-10,16H,1-2,11-13H2,(H,22,23). The maximum atomic E-state index is 12.6. The first-order valence-electron chi connectivity index (χ1n) is 8.28. The molecule has 2 heterocycles. The molecule has 1 atom stereocenters. The highest BCUT2D eigenvalue weighted by Crippen LogP contribution is 2.23. The van der Waals surface area contributed by atoms with E-state index in [1.807, 2.05) is 12.1 Å². The lowest BCUT2D eigenvalue weighted by atomic mass is 10.1. The number of carboxylic acid groups (broad SMARTS) is 1. The van der Waals surface area contributed by atoms with Gasteiger partial charge < -0.3 is 14.7 Å². The lowest BCUT2D eigenvalue weighted by Crippen LogP contribution is -2.36. The van der Waals surface area contributed by atoms with E-state index >= 15 is 0 Å². The van der Waals surface area contributed by atoms with Crippen molar-refractivity contribution in [2.24, 2.45) is 0 Å². The van der Waals surface area contributed by atoms with Crippen molar-refractivity contribution >= 4 is 11.9 Å². The average molecular weight is 340 g/mol. The third-order valence-electron chi connectivity index (χ3n) is 4.30. The van der Waals surface area contributed by atoms with E-state index in [0.717, 1.165) is 18.4 Å². The number of amides is 1. The molecule has 1 saturated heterocycles. The summed E-state index contributed by atoms with van der Waals surface area (Å²) in [6.07, 6.45) is 5.01. The first-order valence-corrected chi connectivity index (χ1v) is 8.28. The second-order valence-electron chi connectivity index (χ2n) is 6.06. The monoisotopic (exact) mass is 340 g/mol. The Kier molecular flexibility index (Phi) is 5.28.